The molecule has 0 saturated heterocycles. The van der Waals surface area contributed by atoms with Gasteiger partial charge in [0.2, 0.25) is 5.91 Å². The Morgan fingerprint density at radius 3 is 2.57 bits per heavy atom. The Hall–Kier alpha value is -1.71. The standard InChI is InChI=1S/C16H16Cl2N2O/c1-10(19-16-7-6-13(17)9-15(16)18)12-4-3-5-14(8-12)20-11(2)21/h3-10,19H,1-2H3,(H,20,21). The number of nitrogens with one attached hydrogen (secondary N) is 2. The summed E-state index contributed by atoms with van der Waals surface area (Å²) in [4.78, 5) is 11.1. The molecule has 5 heteroatoms. The van der Waals surface area contributed by atoms with Crippen molar-refractivity contribution in [2.45, 2.75) is 19.9 Å². The van der Waals surface area contributed by atoms with E-state index >= 15 is 0 Å². The van der Waals surface area contributed by atoms with Gasteiger partial charge in [-0.2, -0.15) is 0 Å². The normalized spacial score (nSPS) is 11.8. The number of hydrogen-bond acceptors (Lipinski definition) is 2. The molecule has 0 aliphatic heterocycles. The van der Waals surface area contributed by atoms with Crippen LogP contribution < -0.4 is 10.6 Å². The van der Waals surface area contributed by atoms with Crippen LogP contribution >= 0.6 is 23.2 Å². The Morgan fingerprint density at radius 1 is 1.14 bits per heavy atom. The molecule has 2 aromatic carbocycles. The highest BCUT2D eigenvalue weighted by Gasteiger charge is 2.09. The lowest BCUT2D eigenvalue weighted by Gasteiger charge is -2.17. The van der Waals surface area contributed by atoms with Crippen LogP contribution in [0.25, 0.3) is 0 Å². The Balaban J connectivity index is 2.16. The summed E-state index contributed by atoms with van der Waals surface area (Å²) in [5, 5.41) is 7.28. The minimum Gasteiger partial charge on any atom is -0.377 e. The molecule has 2 rings (SSSR count). The second-order valence-corrected chi connectivity index (χ2v) is 5.64. The van der Waals surface area contributed by atoms with E-state index in [0.717, 1.165) is 16.9 Å². The number of halogens is 2. The minimum atomic E-state index is -0.0893. The summed E-state index contributed by atoms with van der Waals surface area (Å²) >= 11 is 12.0. The molecule has 1 atom stereocenters. The predicted octanol–water partition coefficient (Wildman–Crippen LogP) is 5.12. The molecule has 0 aliphatic carbocycles. The van der Waals surface area contributed by atoms with Crippen molar-refractivity contribution < 1.29 is 4.79 Å². The molecule has 0 aromatic heterocycles. The van der Waals surface area contributed by atoms with Crippen molar-refractivity contribution >= 4 is 40.5 Å². The minimum absolute atomic E-state index is 0.0392. The van der Waals surface area contributed by atoms with Gasteiger partial charge in [-0.15, -0.1) is 0 Å². The van der Waals surface area contributed by atoms with Gasteiger partial charge in [-0.1, -0.05) is 35.3 Å². The SMILES string of the molecule is CC(=O)Nc1cccc(C(C)Nc2ccc(Cl)cc2Cl)c1. The fraction of sp³-hybridized carbons (Fsp3) is 0.188. The zero-order chi connectivity index (χ0) is 15.4. The van der Waals surface area contributed by atoms with Crippen LogP contribution in [-0.2, 0) is 4.79 Å². The van der Waals surface area contributed by atoms with Crippen molar-refractivity contribution in [1.29, 1.82) is 0 Å². The maximum absolute atomic E-state index is 11.1. The van der Waals surface area contributed by atoms with Gasteiger partial charge < -0.3 is 10.6 Å². The number of rotatable bonds is 4. The van der Waals surface area contributed by atoms with Crippen LogP contribution in [0.15, 0.2) is 42.5 Å². The highest BCUT2D eigenvalue weighted by Crippen LogP contribution is 2.29. The number of benzene rings is 2. The first-order chi connectivity index (χ1) is 9.95. The second-order valence-electron chi connectivity index (χ2n) is 4.80. The summed E-state index contributed by atoms with van der Waals surface area (Å²) in [6.07, 6.45) is 0. The molecule has 0 aliphatic rings. The predicted molar refractivity (Wildman–Crippen MR) is 89.2 cm³/mol. The first-order valence-electron chi connectivity index (χ1n) is 6.55. The summed E-state index contributed by atoms with van der Waals surface area (Å²) in [6.45, 7) is 3.51. The highest BCUT2D eigenvalue weighted by atomic mass is 35.5. The molecule has 2 N–H and O–H groups in total. The van der Waals surface area contributed by atoms with E-state index in [-0.39, 0.29) is 11.9 Å². The van der Waals surface area contributed by atoms with Crippen LogP contribution in [-0.4, -0.2) is 5.91 Å². The third kappa shape index (κ3) is 4.38. The number of carbonyl (C=O) groups excluding carboxylic acids is 1. The van der Waals surface area contributed by atoms with Gasteiger partial charge in [0.1, 0.15) is 0 Å². The van der Waals surface area contributed by atoms with E-state index in [2.05, 4.69) is 10.6 Å². The van der Waals surface area contributed by atoms with E-state index in [4.69, 9.17) is 23.2 Å². The van der Waals surface area contributed by atoms with Gasteiger partial charge in [0, 0.05) is 23.7 Å². The third-order valence-corrected chi connectivity index (χ3v) is 3.56. The number of carbonyl (C=O) groups is 1. The molecular weight excluding hydrogens is 307 g/mol. The summed E-state index contributed by atoms with van der Waals surface area (Å²) < 4.78 is 0. The molecule has 0 radical (unpaired) electrons. The smallest absolute Gasteiger partial charge is 0.221 e. The van der Waals surface area contributed by atoms with Crippen LogP contribution in [0.2, 0.25) is 10.0 Å². The van der Waals surface area contributed by atoms with Crippen LogP contribution in [0, 0.1) is 0 Å². The molecule has 3 nitrogen and oxygen atoms in total. The van der Waals surface area contributed by atoms with Gasteiger partial charge in [-0.05, 0) is 42.8 Å². The van der Waals surface area contributed by atoms with E-state index < -0.39 is 0 Å². The van der Waals surface area contributed by atoms with Gasteiger partial charge in [-0.25, -0.2) is 0 Å². The fourth-order valence-electron chi connectivity index (χ4n) is 2.01. The van der Waals surface area contributed by atoms with Crippen molar-refractivity contribution in [2.24, 2.45) is 0 Å². The second kappa shape index (κ2) is 6.83. The average Bonchev–Trinajstić information content (AvgIpc) is 2.41. The number of hydrogen-bond donors (Lipinski definition) is 2. The molecule has 0 fully saturated rings. The van der Waals surface area contributed by atoms with E-state index in [1.807, 2.05) is 37.3 Å². The van der Waals surface area contributed by atoms with Crippen LogP contribution in [0.4, 0.5) is 11.4 Å². The van der Waals surface area contributed by atoms with Crippen molar-refractivity contribution in [3.8, 4) is 0 Å². The Bertz CT molecular complexity index is 658. The maximum Gasteiger partial charge on any atom is 0.221 e. The Morgan fingerprint density at radius 2 is 1.90 bits per heavy atom. The van der Waals surface area contributed by atoms with E-state index in [1.54, 1.807) is 12.1 Å². The van der Waals surface area contributed by atoms with Gasteiger partial charge in [0.05, 0.1) is 10.7 Å². The molecule has 0 spiro atoms. The zero-order valence-electron chi connectivity index (χ0n) is 11.8. The maximum atomic E-state index is 11.1. The van der Waals surface area contributed by atoms with Gasteiger partial charge in [0.25, 0.3) is 0 Å². The van der Waals surface area contributed by atoms with Gasteiger partial charge in [0.15, 0.2) is 0 Å². The van der Waals surface area contributed by atoms with Gasteiger partial charge in [-0.3, -0.25) is 4.79 Å². The first kappa shape index (κ1) is 15.7. The summed E-state index contributed by atoms with van der Waals surface area (Å²) in [7, 11) is 0. The molecule has 1 unspecified atom stereocenters. The molecule has 2 aromatic rings. The largest absolute Gasteiger partial charge is 0.377 e. The van der Waals surface area contributed by atoms with Crippen molar-refractivity contribution in [2.75, 3.05) is 10.6 Å². The molecule has 0 heterocycles. The fourth-order valence-corrected chi connectivity index (χ4v) is 2.48. The Labute approximate surface area is 134 Å². The zero-order valence-corrected chi connectivity index (χ0v) is 13.3. The van der Waals surface area contributed by atoms with E-state index in [0.29, 0.717) is 10.0 Å². The lowest BCUT2D eigenvalue weighted by molar-refractivity contribution is -0.114. The molecule has 110 valence electrons. The third-order valence-electron chi connectivity index (χ3n) is 3.01. The average molecular weight is 323 g/mol. The quantitative estimate of drug-likeness (QED) is 0.819. The molecule has 0 saturated carbocycles. The van der Waals surface area contributed by atoms with E-state index in [9.17, 15) is 4.79 Å². The topological polar surface area (TPSA) is 41.1 Å². The van der Waals surface area contributed by atoms with Crippen LogP contribution in [0.5, 0.6) is 0 Å². The van der Waals surface area contributed by atoms with Crippen molar-refractivity contribution in [3.63, 3.8) is 0 Å². The van der Waals surface area contributed by atoms with Gasteiger partial charge >= 0.3 is 0 Å². The Kier molecular flexibility index (Phi) is 5.10. The van der Waals surface area contributed by atoms with E-state index in [1.165, 1.54) is 6.92 Å². The molecular formula is C16H16Cl2N2O. The summed E-state index contributed by atoms with van der Waals surface area (Å²) in [6, 6.07) is 13.1. The first-order valence-corrected chi connectivity index (χ1v) is 7.30. The number of anilines is 2. The van der Waals surface area contributed by atoms with Crippen molar-refractivity contribution in [3.05, 3.63) is 58.1 Å². The van der Waals surface area contributed by atoms with Crippen LogP contribution in [0.1, 0.15) is 25.5 Å². The molecule has 21 heavy (non-hydrogen) atoms. The highest BCUT2D eigenvalue weighted by molar-refractivity contribution is 6.36. The monoisotopic (exact) mass is 322 g/mol. The summed E-state index contributed by atoms with van der Waals surface area (Å²) in [5.74, 6) is -0.0893. The summed E-state index contributed by atoms with van der Waals surface area (Å²) in [5.41, 5.74) is 2.64. The number of amides is 1. The lowest BCUT2D eigenvalue weighted by Crippen LogP contribution is -2.09. The lowest BCUT2D eigenvalue weighted by atomic mass is 10.1. The molecule has 1 amide bonds. The van der Waals surface area contributed by atoms with Crippen molar-refractivity contribution in [1.82, 2.24) is 0 Å². The molecule has 0 bridgehead atoms. The van der Waals surface area contributed by atoms with Crippen LogP contribution in [0.3, 0.4) is 0 Å².